The average molecular weight is 280 g/mol. The number of anilines is 1. The molecule has 2 aromatic rings. The molecule has 0 N–H and O–H groups in total. The molecule has 1 aliphatic rings. The van der Waals surface area contributed by atoms with Gasteiger partial charge in [0.05, 0.1) is 17.3 Å². The number of benzene rings is 2. The van der Waals surface area contributed by atoms with Crippen LogP contribution in [0.1, 0.15) is 27.9 Å². The quantitative estimate of drug-likeness (QED) is 0.804. The molecule has 0 bridgehead atoms. The molecule has 0 unspecified atom stereocenters. The van der Waals surface area contributed by atoms with Gasteiger partial charge in [0.2, 0.25) is 0 Å². The second kappa shape index (κ2) is 5.37. The number of hydrogen-bond donors (Lipinski definition) is 0. The summed E-state index contributed by atoms with van der Waals surface area (Å²) in [4.78, 5) is 14.1. The fourth-order valence-corrected chi connectivity index (χ4v) is 2.65. The lowest BCUT2D eigenvalue weighted by Crippen LogP contribution is -2.36. The van der Waals surface area contributed by atoms with E-state index in [1.807, 2.05) is 12.1 Å². The predicted octanol–water partition coefficient (Wildman–Crippen LogP) is 3.29. The van der Waals surface area contributed by atoms with Gasteiger partial charge in [0.25, 0.3) is 5.91 Å². The molecule has 0 saturated heterocycles. The van der Waals surface area contributed by atoms with Gasteiger partial charge in [-0.15, -0.1) is 0 Å². The smallest absolute Gasteiger partial charge is 0.258 e. The summed E-state index contributed by atoms with van der Waals surface area (Å²) < 4.78 is 14.1. The Morgan fingerprint density at radius 3 is 2.67 bits per heavy atom. The maximum Gasteiger partial charge on any atom is 0.258 e. The lowest BCUT2D eigenvalue weighted by molar-refractivity contribution is 0.0984. The largest absolute Gasteiger partial charge is 0.305 e. The highest BCUT2D eigenvalue weighted by Crippen LogP contribution is 2.31. The number of amides is 1. The Balaban J connectivity index is 1.98. The van der Waals surface area contributed by atoms with E-state index in [1.165, 1.54) is 11.0 Å². The van der Waals surface area contributed by atoms with Crippen LogP contribution in [-0.4, -0.2) is 12.5 Å². The monoisotopic (exact) mass is 280 g/mol. The van der Waals surface area contributed by atoms with Gasteiger partial charge in [-0.1, -0.05) is 12.1 Å². The van der Waals surface area contributed by atoms with E-state index in [9.17, 15) is 9.18 Å². The molecule has 0 aromatic heterocycles. The second-order valence-corrected chi connectivity index (χ2v) is 5.00. The predicted molar refractivity (Wildman–Crippen MR) is 77.6 cm³/mol. The Kier molecular flexibility index (Phi) is 3.41. The lowest BCUT2D eigenvalue weighted by Gasteiger charge is -2.29. The van der Waals surface area contributed by atoms with Gasteiger partial charge in [0, 0.05) is 12.1 Å². The van der Waals surface area contributed by atoms with Crippen molar-refractivity contribution in [3.05, 3.63) is 65.0 Å². The zero-order chi connectivity index (χ0) is 14.8. The van der Waals surface area contributed by atoms with Crippen LogP contribution in [0, 0.1) is 17.1 Å². The van der Waals surface area contributed by atoms with Crippen LogP contribution in [0.25, 0.3) is 0 Å². The second-order valence-electron chi connectivity index (χ2n) is 5.00. The first kappa shape index (κ1) is 13.3. The summed E-state index contributed by atoms with van der Waals surface area (Å²) in [6, 6.07) is 13.3. The molecule has 2 aromatic carbocycles. The SMILES string of the molecule is N#Cc1ccc(C(=O)N2CCCc3cccc(F)c32)cc1. The fraction of sp³-hybridized carbons (Fsp3) is 0.176. The summed E-state index contributed by atoms with van der Waals surface area (Å²) in [7, 11) is 0. The third-order valence-corrected chi connectivity index (χ3v) is 3.67. The van der Waals surface area contributed by atoms with Crippen molar-refractivity contribution in [1.29, 1.82) is 5.26 Å². The first-order valence-corrected chi connectivity index (χ1v) is 6.80. The van der Waals surface area contributed by atoms with Crippen molar-refractivity contribution in [2.45, 2.75) is 12.8 Å². The molecule has 1 amide bonds. The van der Waals surface area contributed by atoms with Crippen LogP contribution in [0.2, 0.25) is 0 Å². The highest BCUT2D eigenvalue weighted by atomic mass is 19.1. The van der Waals surface area contributed by atoms with Crippen molar-refractivity contribution < 1.29 is 9.18 Å². The standard InChI is InChI=1S/C17H13FN2O/c18-15-5-1-3-13-4-2-10-20(16(13)15)17(21)14-8-6-12(11-19)7-9-14/h1,3,5-9H,2,4,10H2. The van der Waals surface area contributed by atoms with Gasteiger partial charge in [-0.25, -0.2) is 4.39 Å². The number of nitriles is 1. The summed E-state index contributed by atoms with van der Waals surface area (Å²) in [6.07, 6.45) is 1.60. The highest BCUT2D eigenvalue weighted by Gasteiger charge is 2.26. The first-order chi connectivity index (χ1) is 10.2. The first-order valence-electron chi connectivity index (χ1n) is 6.80. The average Bonchev–Trinajstić information content (AvgIpc) is 2.54. The van der Waals surface area contributed by atoms with E-state index in [0.717, 1.165) is 18.4 Å². The Hall–Kier alpha value is -2.67. The van der Waals surface area contributed by atoms with Crippen LogP contribution in [0.15, 0.2) is 42.5 Å². The van der Waals surface area contributed by atoms with Crippen LogP contribution < -0.4 is 4.90 Å². The molecule has 0 saturated carbocycles. The summed E-state index contributed by atoms with van der Waals surface area (Å²) in [6.45, 7) is 0.507. The summed E-state index contributed by atoms with van der Waals surface area (Å²) in [5.74, 6) is -0.597. The normalized spacial score (nSPS) is 13.4. The van der Waals surface area contributed by atoms with E-state index in [4.69, 9.17) is 5.26 Å². The topological polar surface area (TPSA) is 44.1 Å². The Labute approximate surface area is 122 Å². The van der Waals surface area contributed by atoms with Crippen molar-refractivity contribution in [3.63, 3.8) is 0 Å². The van der Waals surface area contributed by atoms with Crippen molar-refractivity contribution in [1.82, 2.24) is 0 Å². The minimum Gasteiger partial charge on any atom is -0.305 e. The van der Waals surface area contributed by atoms with E-state index in [0.29, 0.717) is 23.4 Å². The number of rotatable bonds is 1. The van der Waals surface area contributed by atoms with E-state index in [-0.39, 0.29) is 11.7 Å². The number of para-hydroxylation sites is 1. The van der Waals surface area contributed by atoms with Gasteiger partial charge in [-0.05, 0) is 48.7 Å². The molecular weight excluding hydrogens is 267 g/mol. The van der Waals surface area contributed by atoms with Gasteiger partial charge >= 0.3 is 0 Å². The van der Waals surface area contributed by atoms with Crippen LogP contribution in [-0.2, 0) is 6.42 Å². The Morgan fingerprint density at radius 1 is 1.19 bits per heavy atom. The third-order valence-electron chi connectivity index (χ3n) is 3.67. The molecule has 0 aliphatic carbocycles. The molecule has 4 heteroatoms. The number of hydrogen-bond acceptors (Lipinski definition) is 2. The molecule has 0 spiro atoms. The van der Waals surface area contributed by atoms with E-state index < -0.39 is 0 Å². The van der Waals surface area contributed by atoms with Crippen molar-refractivity contribution in [2.24, 2.45) is 0 Å². The number of aryl methyl sites for hydroxylation is 1. The molecule has 21 heavy (non-hydrogen) atoms. The molecule has 0 fully saturated rings. The fourth-order valence-electron chi connectivity index (χ4n) is 2.65. The molecule has 0 radical (unpaired) electrons. The van der Waals surface area contributed by atoms with E-state index in [2.05, 4.69) is 0 Å². The van der Waals surface area contributed by atoms with Crippen LogP contribution in [0.5, 0.6) is 0 Å². The zero-order valence-electron chi connectivity index (χ0n) is 11.3. The maximum atomic E-state index is 14.1. The van der Waals surface area contributed by atoms with Crippen LogP contribution >= 0.6 is 0 Å². The van der Waals surface area contributed by atoms with Crippen molar-refractivity contribution in [3.8, 4) is 6.07 Å². The molecule has 1 aliphatic heterocycles. The molecule has 104 valence electrons. The maximum absolute atomic E-state index is 14.1. The third kappa shape index (κ3) is 2.38. The Morgan fingerprint density at radius 2 is 1.95 bits per heavy atom. The van der Waals surface area contributed by atoms with Gasteiger partial charge < -0.3 is 4.90 Å². The number of fused-ring (bicyclic) bond motifs is 1. The number of carbonyl (C=O) groups is 1. The summed E-state index contributed by atoms with van der Waals surface area (Å²) in [5.41, 5.74) is 2.21. The number of halogens is 1. The van der Waals surface area contributed by atoms with Crippen molar-refractivity contribution in [2.75, 3.05) is 11.4 Å². The van der Waals surface area contributed by atoms with Crippen LogP contribution in [0.4, 0.5) is 10.1 Å². The Bertz CT molecular complexity index is 731. The molecule has 1 heterocycles. The molecular formula is C17H13FN2O. The van der Waals surface area contributed by atoms with Gasteiger partial charge in [0.1, 0.15) is 5.82 Å². The lowest BCUT2D eigenvalue weighted by atomic mass is 10.00. The van der Waals surface area contributed by atoms with Crippen molar-refractivity contribution >= 4 is 11.6 Å². The molecule has 3 rings (SSSR count). The van der Waals surface area contributed by atoms with Gasteiger partial charge in [0.15, 0.2) is 0 Å². The van der Waals surface area contributed by atoms with E-state index in [1.54, 1.807) is 30.3 Å². The minimum absolute atomic E-state index is 0.231. The van der Waals surface area contributed by atoms with Gasteiger partial charge in [-0.2, -0.15) is 5.26 Å². The summed E-state index contributed by atoms with van der Waals surface area (Å²) in [5, 5.41) is 8.79. The molecule has 0 atom stereocenters. The highest BCUT2D eigenvalue weighted by molar-refractivity contribution is 6.06. The molecule has 3 nitrogen and oxygen atoms in total. The van der Waals surface area contributed by atoms with Gasteiger partial charge in [-0.3, -0.25) is 4.79 Å². The minimum atomic E-state index is -0.366. The van der Waals surface area contributed by atoms with Crippen LogP contribution in [0.3, 0.4) is 0 Å². The number of nitrogens with zero attached hydrogens (tertiary/aromatic N) is 2. The zero-order valence-corrected chi connectivity index (χ0v) is 11.3. The number of carbonyl (C=O) groups excluding carboxylic acids is 1. The van der Waals surface area contributed by atoms with E-state index >= 15 is 0 Å². The summed E-state index contributed by atoms with van der Waals surface area (Å²) >= 11 is 0.